The summed E-state index contributed by atoms with van der Waals surface area (Å²) in [6, 6.07) is 71.1. The zero-order valence-corrected chi connectivity index (χ0v) is 34.1. The Kier molecular flexibility index (Phi) is 7.97. The van der Waals surface area contributed by atoms with E-state index in [1.807, 2.05) is 12.1 Å². The summed E-state index contributed by atoms with van der Waals surface area (Å²) in [5.74, 6) is 1.44. The summed E-state index contributed by atoms with van der Waals surface area (Å²) < 4.78 is 12.0. The van der Waals surface area contributed by atoms with Crippen molar-refractivity contribution in [2.75, 3.05) is 0 Å². The molecular weight excluding hydrogens is 769 g/mol. The molecular formula is C58H38N4O. The van der Waals surface area contributed by atoms with Gasteiger partial charge in [0, 0.05) is 60.7 Å². The maximum absolute atomic E-state index is 7.20. The Morgan fingerprint density at radius 1 is 0.429 bits per heavy atom. The molecule has 8 aromatic carbocycles. The summed E-state index contributed by atoms with van der Waals surface area (Å²) in [4.78, 5) is 10.5. The van der Waals surface area contributed by atoms with Crippen LogP contribution in [0.4, 0.5) is 0 Å². The van der Waals surface area contributed by atoms with Crippen LogP contribution in [-0.2, 0) is 0 Å². The number of allylic oxidation sites excluding steroid dienone is 2. The normalized spacial score (nSPS) is 15.5. The maximum atomic E-state index is 7.20. The highest BCUT2D eigenvalue weighted by Crippen LogP contribution is 2.50. The number of fused-ring (bicyclic) bond motifs is 10. The molecule has 0 saturated carbocycles. The molecule has 3 aromatic heterocycles. The topological polar surface area (TPSA) is 44.9 Å². The molecule has 2 atom stereocenters. The van der Waals surface area contributed by atoms with Crippen LogP contribution in [0.2, 0.25) is 0 Å². The van der Waals surface area contributed by atoms with Gasteiger partial charge in [0.15, 0.2) is 0 Å². The van der Waals surface area contributed by atoms with Crippen LogP contribution < -0.4 is 4.74 Å². The second kappa shape index (κ2) is 14.2. The van der Waals surface area contributed by atoms with Crippen molar-refractivity contribution in [1.82, 2.24) is 19.1 Å². The van der Waals surface area contributed by atoms with E-state index in [1.54, 1.807) is 0 Å². The Labute approximate surface area is 364 Å². The van der Waals surface area contributed by atoms with Gasteiger partial charge < -0.3 is 13.9 Å². The van der Waals surface area contributed by atoms with Gasteiger partial charge in [0.25, 0.3) is 0 Å². The number of para-hydroxylation sites is 4. The van der Waals surface area contributed by atoms with Crippen LogP contribution in [0.3, 0.4) is 0 Å². The van der Waals surface area contributed by atoms with Gasteiger partial charge in [-0.3, -0.25) is 0 Å². The molecule has 0 saturated heterocycles. The van der Waals surface area contributed by atoms with E-state index >= 15 is 0 Å². The van der Waals surface area contributed by atoms with Gasteiger partial charge in [0.2, 0.25) is 0 Å². The lowest BCUT2D eigenvalue weighted by atomic mass is 9.87. The van der Waals surface area contributed by atoms with Crippen LogP contribution in [0.15, 0.2) is 218 Å². The average molecular weight is 807 g/mol. The first-order chi connectivity index (χ1) is 31.3. The Morgan fingerprint density at radius 3 is 1.62 bits per heavy atom. The highest BCUT2D eigenvalue weighted by Gasteiger charge is 2.39. The number of ether oxygens (including phenoxy) is 1. The van der Waals surface area contributed by atoms with Gasteiger partial charge >= 0.3 is 0 Å². The molecule has 0 radical (unpaired) electrons. The van der Waals surface area contributed by atoms with Crippen molar-refractivity contribution in [1.29, 1.82) is 0 Å². The van der Waals surface area contributed by atoms with Crippen LogP contribution in [0.5, 0.6) is 5.75 Å². The van der Waals surface area contributed by atoms with Gasteiger partial charge in [-0.2, -0.15) is 0 Å². The summed E-state index contributed by atoms with van der Waals surface area (Å²) in [7, 11) is 0. The van der Waals surface area contributed by atoms with Crippen molar-refractivity contribution >= 4 is 49.2 Å². The van der Waals surface area contributed by atoms with Gasteiger partial charge in [-0.25, -0.2) is 9.97 Å². The van der Waals surface area contributed by atoms with Crippen molar-refractivity contribution in [3.05, 3.63) is 230 Å². The first-order valence-corrected chi connectivity index (χ1v) is 21.6. The number of benzene rings is 8. The first-order valence-electron chi connectivity index (χ1n) is 21.6. The van der Waals surface area contributed by atoms with Crippen LogP contribution in [-0.4, -0.2) is 25.2 Å². The minimum Gasteiger partial charge on any atom is -0.483 e. The van der Waals surface area contributed by atoms with Crippen molar-refractivity contribution in [2.24, 2.45) is 0 Å². The van der Waals surface area contributed by atoms with E-state index in [9.17, 15) is 0 Å². The van der Waals surface area contributed by atoms with E-state index in [4.69, 9.17) is 14.7 Å². The fraction of sp³-hybridized carbons (Fsp3) is 0.0345. The number of aromatic nitrogens is 4. The van der Waals surface area contributed by atoms with Gasteiger partial charge in [0.1, 0.15) is 17.7 Å². The lowest BCUT2D eigenvalue weighted by molar-refractivity contribution is 0.255. The highest BCUT2D eigenvalue weighted by molar-refractivity contribution is 6.29. The maximum Gasteiger partial charge on any atom is 0.140 e. The van der Waals surface area contributed by atoms with Gasteiger partial charge in [0.05, 0.1) is 39.4 Å². The molecule has 13 rings (SSSR count). The van der Waals surface area contributed by atoms with E-state index in [0.717, 1.165) is 73.2 Å². The molecule has 0 amide bonds. The van der Waals surface area contributed by atoms with Crippen molar-refractivity contribution < 1.29 is 4.74 Å². The smallest absolute Gasteiger partial charge is 0.140 e. The average Bonchev–Trinajstić information content (AvgIpc) is 4.02. The van der Waals surface area contributed by atoms with E-state index in [0.29, 0.717) is 0 Å². The zero-order valence-electron chi connectivity index (χ0n) is 34.1. The third-order valence-electron chi connectivity index (χ3n) is 12.9. The number of rotatable bonds is 6. The van der Waals surface area contributed by atoms with Crippen molar-refractivity contribution in [3.63, 3.8) is 0 Å². The monoisotopic (exact) mass is 806 g/mol. The molecule has 1 aliphatic heterocycles. The van der Waals surface area contributed by atoms with E-state index in [-0.39, 0.29) is 12.0 Å². The van der Waals surface area contributed by atoms with E-state index in [2.05, 4.69) is 215 Å². The molecule has 11 aromatic rings. The van der Waals surface area contributed by atoms with Gasteiger partial charge in [-0.05, 0) is 66.2 Å². The molecule has 1 aliphatic carbocycles. The third-order valence-corrected chi connectivity index (χ3v) is 12.9. The predicted molar refractivity (Wildman–Crippen MR) is 258 cm³/mol. The molecule has 5 heteroatoms. The largest absolute Gasteiger partial charge is 0.483 e. The molecule has 0 fully saturated rings. The summed E-state index contributed by atoms with van der Waals surface area (Å²) in [6.07, 6.45) is 6.25. The lowest BCUT2D eigenvalue weighted by Gasteiger charge is -2.24. The third kappa shape index (κ3) is 5.56. The zero-order chi connectivity index (χ0) is 41.4. The second-order valence-electron chi connectivity index (χ2n) is 16.4. The van der Waals surface area contributed by atoms with E-state index < -0.39 is 0 Å². The van der Waals surface area contributed by atoms with Gasteiger partial charge in [-0.15, -0.1) is 0 Å². The molecule has 296 valence electrons. The van der Waals surface area contributed by atoms with Gasteiger partial charge in [-0.1, -0.05) is 158 Å². The summed E-state index contributed by atoms with van der Waals surface area (Å²) in [5.41, 5.74) is 15.3. The Bertz CT molecular complexity index is 3580. The molecule has 0 spiro atoms. The minimum absolute atomic E-state index is 0.196. The molecule has 0 N–H and O–H groups in total. The molecule has 5 nitrogen and oxygen atoms in total. The van der Waals surface area contributed by atoms with Crippen molar-refractivity contribution in [3.8, 4) is 50.8 Å². The summed E-state index contributed by atoms with van der Waals surface area (Å²) >= 11 is 0. The molecule has 63 heavy (non-hydrogen) atoms. The Balaban J connectivity index is 0.985. The molecule has 2 aliphatic rings. The first kappa shape index (κ1) is 35.5. The standard InChI is InChI=1S/C58H38N4O/c1-5-17-37(18-6-1)48-36-49(38-19-7-2-8-20-38)60-58(59-48)46-29-16-28-44-43-27-15-26-42(56(43)63-57(44)46)39-31-32-51-47(35-39)55-53(62(51)41-23-11-4-12-24-41)34-33-52-54(55)45-25-13-14-30-50(45)61(52)40-21-9-3-10-22-40/h1-36,46,57H. The Morgan fingerprint density at radius 2 is 0.968 bits per heavy atom. The fourth-order valence-corrected chi connectivity index (χ4v) is 10.1. The number of nitrogens with zero attached hydrogens (tertiary/aromatic N) is 4. The Hall–Kier alpha value is -8.28. The molecule has 2 unspecified atom stereocenters. The minimum atomic E-state index is -0.284. The summed E-state index contributed by atoms with van der Waals surface area (Å²) in [5, 5.41) is 4.90. The SMILES string of the molecule is C1=CC(c2nc(-c3ccccc3)cc(-c3ccccc3)n2)C2Oc3c(cccc3-c3ccc4c(c3)c3c5c6ccccc6n(-c6ccccc6)c5ccc3n4-c3ccccc3)C2=C1. The lowest BCUT2D eigenvalue weighted by Crippen LogP contribution is -2.25. The quantitative estimate of drug-likeness (QED) is 0.168. The fourth-order valence-electron chi connectivity index (χ4n) is 10.1. The number of hydrogen-bond donors (Lipinski definition) is 0. The number of hydrogen-bond acceptors (Lipinski definition) is 3. The molecule has 0 bridgehead atoms. The molecule has 4 heterocycles. The van der Waals surface area contributed by atoms with Crippen LogP contribution in [0.1, 0.15) is 17.3 Å². The van der Waals surface area contributed by atoms with E-state index in [1.165, 1.54) is 38.1 Å². The second-order valence-corrected chi connectivity index (χ2v) is 16.4. The van der Waals surface area contributed by atoms with Crippen LogP contribution in [0, 0.1) is 0 Å². The highest BCUT2D eigenvalue weighted by atomic mass is 16.5. The van der Waals surface area contributed by atoms with Crippen molar-refractivity contribution in [2.45, 2.75) is 12.0 Å². The summed E-state index contributed by atoms with van der Waals surface area (Å²) in [6.45, 7) is 0. The van der Waals surface area contributed by atoms with Crippen LogP contribution in [0.25, 0.3) is 94.2 Å². The predicted octanol–water partition coefficient (Wildman–Crippen LogP) is 14.2. The van der Waals surface area contributed by atoms with Crippen LogP contribution >= 0.6 is 0 Å².